The molecule has 1 N–H and O–H groups in total. The van der Waals surface area contributed by atoms with Gasteiger partial charge in [0.15, 0.2) is 11.5 Å². The van der Waals surface area contributed by atoms with Crippen LogP contribution in [-0.4, -0.2) is 59.5 Å². The van der Waals surface area contributed by atoms with Crippen LogP contribution in [0.5, 0.6) is 17.2 Å². The Kier molecular flexibility index (Phi) is 7.84. The van der Waals surface area contributed by atoms with Crippen LogP contribution in [0.25, 0.3) is 0 Å². The molecule has 0 aliphatic carbocycles. The number of nitrogens with one attached hydrogen (secondary N) is 1. The van der Waals surface area contributed by atoms with Crippen LogP contribution in [0.1, 0.15) is 11.1 Å². The van der Waals surface area contributed by atoms with Crippen molar-refractivity contribution in [1.29, 1.82) is 0 Å². The number of methoxy groups -OCH3 is 3. The first kappa shape index (κ1) is 26.0. The number of ether oxygens (including phenoxy) is 3. The van der Waals surface area contributed by atoms with Crippen molar-refractivity contribution >= 4 is 28.9 Å². The molecule has 2 atom stereocenters. The van der Waals surface area contributed by atoms with E-state index in [0.29, 0.717) is 42.5 Å². The average Bonchev–Trinajstić information content (AvgIpc) is 2.96. The maximum absolute atomic E-state index is 13.7. The van der Waals surface area contributed by atoms with E-state index in [1.807, 2.05) is 36.4 Å². The number of halogens is 1. The second kappa shape index (κ2) is 11.4. The lowest BCUT2D eigenvalue weighted by Gasteiger charge is -2.49. The van der Waals surface area contributed by atoms with Crippen molar-refractivity contribution in [3.63, 3.8) is 0 Å². The van der Waals surface area contributed by atoms with Crippen LogP contribution in [0.15, 0.2) is 60.7 Å². The van der Waals surface area contributed by atoms with Gasteiger partial charge < -0.3 is 29.3 Å². The minimum Gasteiger partial charge on any atom is -0.495 e. The summed E-state index contributed by atoms with van der Waals surface area (Å²) in [6.07, 6.45) is 1.41. The van der Waals surface area contributed by atoms with Crippen molar-refractivity contribution in [2.75, 3.05) is 57.3 Å². The Labute approximate surface area is 229 Å². The lowest BCUT2D eigenvalue weighted by Crippen LogP contribution is -2.61. The van der Waals surface area contributed by atoms with Gasteiger partial charge >= 0.3 is 0 Å². The number of hydrogen-bond donors (Lipinski definition) is 1. The Morgan fingerprint density at radius 2 is 1.68 bits per heavy atom. The second-order valence-electron chi connectivity index (χ2n) is 9.69. The van der Waals surface area contributed by atoms with Gasteiger partial charge in [-0.05, 0) is 60.4 Å². The van der Waals surface area contributed by atoms with Crippen LogP contribution in [0.4, 0.5) is 11.4 Å². The molecule has 38 heavy (non-hydrogen) atoms. The highest BCUT2D eigenvalue weighted by atomic mass is 35.5. The summed E-state index contributed by atoms with van der Waals surface area (Å²) >= 11 is 6.35. The molecule has 1 saturated heterocycles. The Morgan fingerprint density at radius 3 is 2.47 bits per heavy atom. The smallest absolute Gasteiger partial charge is 0.225 e. The predicted molar refractivity (Wildman–Crippen MR) is 151 cm³/mol. The molecule has 200 valence electrons. The van der Waals surface area contributed by atoms with Crippen molar-refractivity contribution in [1.82, 2.24) is 5.32 Å². The molecule has 3 aromatic rings. The third-order valence-corrected chi connectivity index (χ3v) is 7.84. The van der Waals surface area contributed by atoms with E-state index in [2.05, 4.69) is 39.4 Å². The predicted octanol–water partition coefficient (Wildman–Crippen LogP) is 4.59. The number of rotatable bonds is 8. The van der Waals surface area contributed by atoms with Crippen LogP contribution in [-0.2, 0) is 17.6 Å². The summed E-state index contributed by atoms with van der Waals surface area (Å²) in [5.41, 5.74) is 4.49. The number of hydrogen-bond acceptors (Lipinski definition) is 6. The van der Waals surface area contributed by atoms with E-state index in [1.165, 1.54) is 11.3 Å². The van der Waals surface area contributed by atoms with Crippen LogP contribution in [0, 0.1) is 5.92 Å². The molecular weight excluding hydrogens is 502 g/mol. The summed E-state index contributed by atoms with van der Waals surface area (Å²) in [5.74, 6) is 2.07. The highest BCUT2D eigenvalue weighted by molar-refractivity contribution is 6.31. The van der Waals surface area contributed by atoms with Crippen LogP contribution < -0.4 is 29.3 Å². The fourth-order valence-corrected chi connectivity index (χ4v) is 5.85. The molecule has 8 heteroatoms. The molecule has 5 rings (SSSR count). The fraction of sp³-hybridized carbons (Fsp3) is 0.367. The van der Waals surface area contributed by atoms with E-state index < -0.39 is 0 Å². The summed E-state index contributed by atoms with van der Waals surface area (Å²) in [6.45, 7) is 2.88. The quantitative estimate of drug-likeness (QED) is 0.455. The van der Waals surface area contributed by atoms with E-state index in [9.17, 15) is 4.79 Å². The average molecular weight is 536 g/mol. The molecule has 1 amide bonds. The first-order valence-corrected chi connectivity index (χ1v) is 13.3. The highest BCUT2D eigenvalue weighted by Gasteiger charge is 2.41. The highest BCUT2D eigenvalue weighted by Crippen LogP contribution is 2.39. The zero-order valence-electron chi connectivity index (χ0n) is 22.1. The van der Waals surface area contributed by atoms with Crippen molar-refractivity contribution in [3.8, 4) is 17.2 Å². The normalized spacial score (nSPS) is 18.3. The van der Waals surface area contributed by atoms with Crippen LogP contribution in [0.3, 0.4) is 0 Å². The number of piperazine rings is 1. The van der Waals surface area contributed by atoms with E-state index in [1.54, 1.807) is 21.3 Å². The Morgan fingerprint density at radius 1 is 0.921 bits per heavy atom. The molecule has 2 aliphatic heterocycles. The van der Waals surface area contributed by atoms with Crippen molar-refractivity contribution < 1.29 is 19.0 Å². The first-order chi connectivity index (χ1) is 18.5. The van der Waals surface area contributed by atoms with Gasteiger partial charge in [0.2, 0.25) is 5.91 Å². The van der Waals surface area contributed by atoms with Crippen LogP contribution in [0.2, 0.25) is 5.02 Å². The standard InChI is InChI=1S/C30H34ClN3O4/c1-36-27-11-9-22(31)18-25(27)33-14-15-34-24-7-5-4-6-21(24)17-23(26(34)19-33)30(35)32-13-12-20-8-10-28(37-2)29(16-20)38-3/h4-11,16,18,23,26H,12-15,17,19H2,1-3H3,(H,32,35)/t23-,26+/m1/s1. The number of anilines is 2. The van der Waals surface area contributed by atoms with E-state index in [0.717, 1.165) is 30.1 Å². The molecule has 0 saturated carbocycles. The molecular formula is C30H34ClN3O4. The lowest BCUT2D eigenvalue weighted by molar-refractivity contribution is -0.125. The topological polar surface area (TPSA) is 63.3 Å². The monoisotopic (exact) mass is 535 g/mol. The summed E-state index contributed by atoms with van der Waals surface area (Å²) < 4.78 is 16.4. The molecule has 2 heterocycles. The lowest BCUT2D eigenvalue weighted by atomic mass is 9.83. The number of benzene rings is 3. The van der Waals surface area contributed by atoms with Gasteiger partial charge in [0.25, 0.3) is 0 Å². The summed E-state index contributed by atoms with van der Waals surface area (Å²) in [5, 5.41) is 3.88. The van der Waals surface area contributed by atoms with Crippen molar-refractivity contribution in [2.45, 2.75) is 18.9 Å². The third kappa shape index (κ3) is 5.20. The number of para-hydroxylation sites is 1. The van der Waals surface area contributed by atoms with Crippen molar-refractivity contribution in [2.24, 2.45) is 5.92 Å². The Hall–Kier alpha value is -3.58. The molecule has 0 radical (unpaired) electrons. The fourth-order valence-electron chi connectivity index (χ4n) is 5.68. The number of amides is 1. The molecule has 0 bridgehead atoms. The van der Waals surface area contributed by atoms with E-state index in [4.69, 9.17) is 25.8 Å². The Balaban J connectivity index is 1.34. The van der Waals surface area contributed by atoms with Gasteiger partial charge in [0.05, 0.1) is 39.0 Å². The molecule has 7 nitrogen and oxygen atoms in total. The maximum Gasteiger partial charge on any atom is 0.225 e. The second-order valence-corrected chi connectivity index (χ2v) is 10.1. The van der Waals surface area contributed by atoms with Gasteiger partial charge in [-0.3, -0.25) is 4.79 Å². The number of fused-ring (bicyclic) bond motifs is 3. The number of carbonyl (C=O) groups excluding carboxylic acids is 1. The molecule has 0 aromatic heterocycles. The third-order valence-electron chi connectivity index (χ3n) is 7.60. The van der Waals surface area contributed by atoms with Gasteiger partial charge in [0, 0.05) is 36.9 Å². The summed E-state index contributed by atoms with van der Waals surface area (Å²) in [4.78, 5) is 18.4. The summed E-state index contributed by atoms with van der Waals surface area (Å²) in [6, 6.07) is 20.0. The first-order valence-electron chi connectivity index (χ1n) is 12.9. The molecule has 1 fully saturated rings. The SMILES string of the molecule is COc1ccc(CCNC(=O)[C@@H]2Cc3ccccc3N3CCN(c4cc(Cl)ccc4OC)C[C@@H]23)cc1OC. The van der Waals surface area contributed by atoms with E-state index >= 15 is 0 Å². The zero-order valence-corrected chi connectivity index (χ0v) is 22.8. The van der Waals surface area contributed by atoms with Gasteiger partial charge in [-0.15, -0.1) is 0 Å². The molecule has 2 aliphatic rings. The maximum atomic E-state index is 13.7. The van der Waals surface area contributed by atoms with E-state index in [-0.39, 0.29) is 17.9 Å². The van der Waals surface area contributed by atoms with Gasteiger partial charge in [-0.1, -0.05) is 35.9 Å². The zero-order chi connectivity index (χ0) is 26.6. The minimum absolute atomic E-state index is 0.0309. The molecule has 0 spiro atoms. The number of carbonyl (C=O) groups is 1. The minimum atomic E-state index is -0.178. The van der Waals surface area contributed by atoms with Gasteiger partial charge in [0.1, 0.15) is 5.75 Å². The van der Waals surface area contributed by atoms with Crippen LogP contribution >= 0.6 is 11.6 Å². The van der Waals surface area contributed by atoms with Gasteiger partial charge in [-0.25, -0.2) is 0 Å². The molecule has 0 unspecified atom stereocenters. The molecule has 3 aromatic carbocycles. The number of nitrogens with zero attached hydrogens (tertiary/aromatic N) is 2. The Bertz CT molecular complexity index is 1300. The summed E-state index contributed by atoms with van der Waals surface area (Å²) in [7, 11) is 4.93. The van der Waals surface area contributed by atoms with Gasteiger partial charge in [-0.2, -0.15) is 0 Å². The van der Waals surface area contributed by atoms with Crippen molar-refractivity contribution in [3.05, 3.63) is 76.8 Å². The largest absolute Gasteiger partial charge is 0.495 e.